The third kappa shape index (κ3) is 5.37. The van der Waals surface area contributed by atoms with E-state index in [2.05, 4.69) is 97.1 Å². The Bertz CT molecular complexity index is 3170. The molecule has 0 bridgehead atoms. The average Bonchev–Trinajstić information content (AvgIpc) is 3.85. The fraction of sp³-hybridized carbons (Fsp3) is 0. The van der Waals surface area contributed by atoms with E-state index in [0.29, 0.717) is 17.5 Å². The Morgan fingerprint density at radius 1 is 0.286 bits per heavy atom. The summed E-state index contributed by atoms with van der Waals surface area (Å²) in [7, 11) is 0. The molecule has 8 aromatic carbocycles. The summed E-state index contributed by atoms with van der Waals surface area (Å²) in [6.45, 7) is 0. The lowest BCUT2D eigenvalue weighted by atomic mass is 9.93. The molecular weight excluding hydrogens is 687 g/mol. The maximum atomic E-state index is 7.19. The molecule has 0 saturated carbocycles. The van der Waals surface area contributed by atoms with E-state index in [1.54, 1.807) is 0 Å². The van der Waals surface area contributed by atoms with Crippen LogP contribution in [0.1, 0.15) is 0 Å². The second-order valence-electron chi connectivity index (χ2n) is 13.9. The first-order valence-corrected chi connectivity index (χ1v) is 18.7. The molecule has 11 rings (SSSR count). The van der Waals surface area contributed by atoms with Crippen molar-refractivity contribution in [1.82, 2.24) is 15.0 Å². The first-order valence-electron chi connectivity index (χ1n) is 18.7. The zero-order chi connectivity index (χ0) is 37.0. The number of furan rings is 2. The minimum atomic E-state index is 0.569. The largest absolute Gasteiger partial charge is 0.456 e. The Labute approximate surface area is 322 Å². The van der Waals surface area contributed by atoms with Crippen LogP contribution < -0.4 is 0 Å². The third-order valence-corrected chi connectivity index (χ3v) is 10.5. The van der Waals surface area contributed by atoms with Gasteiger partial charge in [0.1, 0.15) is 22.3 Å². The van der Waals surface area contributed by atoms with Crippen molar-refractivity contribution in [3.8, 4) is 67.5 Å². The Balaban J connectivity index is 1.25. The Kier molecular flexibility index (Phi) is 7.42. The second kappa shape index (κ2) is 13.0. The van der Waals surface area contributed by atoms with Gasteiger partial charge in [0.2, 0.25) is 0 Å². The summed E-state index contributed by atoms with van der Waals surface area (Å²) in [5.41, 5.74) is 12.2. The highest BCUT2D eigenvalue weighted by atomic mass is 16.3. The fourth-order valence-electron chi connectivity index (χ4n) is 7.85. The van der Waals surface area contributed by atoms with Crippen molar-refractivity contribution in [2.75, 3.05) is 0 Å². The summed E-state index contributed by atoms with van der Waals surface area (Å²) in [5, 5.41) is 4.05. The number of hydrogen-bond acceptors (Lipinski definition) is 5. The summed E-state index contributed by atoms with van der Waals surface area (Å²) in [6, 6.07) is 64.5. The van der Waals surface area contributed by atoms with E-state index >= 15 is 0 Å². The van der Waals surface area contributed by atoms with Gasteiger partial charge in [-0.2, -0.15) is 0 Å². The van der Waals surface area contributed by atoms with Crippen molar-refractivity contribution in [1.29, 1.82) is 0 Å². The van der Waals surface area contributed by atoms with Crippen LogP contribution in [0.5, 0.6) is 0 Å². The Morgan fingerprint density at radius 3 is 1.50 bits per heavy atom. The highest BCUT2D eigenvalue weighted by molar-refractivity contribution is 6.19. The lowest BCUT2D eigenvalue weighted by Gasteiger charge is -2.11. The fourth-order valence-corrected chi connectivity index (χ4v) is 7.85. The SMILES string of the molecule is c1ccc(-c2cc(-c3ccccc3)c3oc4c(-c5ccc6oc7ccccc7c6c5)ccc(-c5nc(-c6ccccc6)nc(-c6ccccc6)n5)c4c3c2)cc1. The maximum absolute atomic E-state index is 7.19. The normalized spacial score (nSPS) is 11.6. The highest BCUT2D eigenvalue weighted by Gasteiger charge is 2.24. The van der Waals surface area contributed by atoms with E-state index in [0.717, 1.165) is 93.9 Å². The van der Waals surface area contributed by atoms with Gasteiger partial charge in [-0.1, -0.05) is 146 Å². The van der Waals surface area contributed by atoms with E-state index in [1.807, 2.05) is 91.0 Å². The molecule has 0 aliphatic carbocycles. The number of benzene rings is 8. The average molecular weight is 718 g/mol. The zero-order valence-electron chi connectivity index (χ0n) is 30.1. The smallest absolute Gasteiger partial charge is 0.164 e. The van der Waals surface area contributed by atoms with E-state index in [4.69, 9.17) is 23.8 Å². The molecule has 11 aromatic rings. The molecule has 56 heavy (non-hydrogen) atoms. The quantitative estimate of drug-likeness (QED) is 0.171. The number of para-hydroxylation sites is 1. The monoisotopic (exact) mass is 717 g/mol. The maximum Gasteiger partial charge on any atom is 0.164 e. The molecule has 0 saturated heterocycles. The van der Waals surface area contributed by atoms with Crippen LogP contribution in [-0.4, -0.2) is 15.0 Å². The number of rotatable bonds is 6. The van der Waals surface area contributed by atoms with Crippen molar-refractivity contribution >= 4 is 43.9 Å². The van der Waals surface area contributed by atoms with Gasteiger partial charge >= 0.3 is 0 Å². The summed E-state index contributed by atoms with van der Waals surface area (Å²) < 4.78 is 13.4. The van der Waals surface area contributed by atoms with Crippen LogP contribution >= 0.6 is 0 Å². The molecule has 0 aliphatic heterocycles. The van der Waals surface area contributed by atoms with Crippen molar-refractivity contribution < 1.29 is 8.83 Å². The van der Waals surface area contributed by atoms with Crippen molar-refractivity contribution in [3.05, 3.63) is 188 Å². The molecule has 3 heterocycles. The molecule has 0 radical (unpaired) electrons. The van der Waals surface area contributed by atoms with Crippen molar-refractivity contribution in [2.45, 2.75) is 0 Å². The molecular formula is C51H31N3O2. The van der Waals surface area contributed by atoms with Gasteiger partial charge in [0.15, 0.2) is 17.5 Å². The summed E-state index contributed by atoms with van der Waals surface area (Å²) in [5.74, 6) is 1.78. The zero-order valence-corrected chi connectivity index (χ0v) is 30.1. The number of aromatic nitrogens is 3. The lowest BCUT2D eigenvalue weighted by Crippen LogP contribution is -2.00. The molecule has 0 fully saturated rings. The minimum absolute atomic E-state index is 0.569. The molecule has 0 aliphatic rings. The van der Waals surface area contributed by atoms with Crippen LogP contribution in [0.2, 0.25) is 0 Å². The van der Waals surface area contributed by atoms with Crippen LogP contribution in [0, 0.1) is 0 Å². The van der Waals surface area contributed by atoms with Gasteiger partial charge in [0.25, 0.3) is 0 Å². The van der Waals surface area contributed by atoms with Gasteiger partial charge < -0.3 is 8.83 Å². The lowest BCUT2D eigenvalue weighted by molar-refractivity contribution is 0.668. The minimum Gasteiger partial charge on any atom is -0.456 e. The Morgan fingerprint density at radius 2 is 0.821 bits per heavy atom. The van der Waals surface area contributed by atoms with Gasteiger partial charge in [-0.3, -0.25) is 0 Å². The number of hydrogen-bond donors (Lipinski definition) is 0. The molecule has 0 amide bonds. The van der Waals surface area contributed by atoms with E-state index in [-0.39, 0.29) is 0 Å². The van der Waals surface area contributed by atoms with Crippen molar-refractivity contribution in [2.24, 2.45) is 0 Å². The Hall–Kier alpha value is -7.63. The molecule has 0 atom stereocenters. The first-order chi connectivity index (χ1) is 27.7. The second-order valence-corrected chi connectivity index (χ2v) is 13.9. The summed E-state index contributed by atoms with van der Waals surface area (Å²) in [6.07, 6.45) is 0. The molecule has 0 unspecified atom stereocenters. The van der Waals surface area contributed by atoms with Crippen LogP contribution in [0.25, 0.3) is 111 Å². The molecule has 3 aromatic heterocycles. The third-order valence-electron chi connectivity index (χ3n) is 10.5. The molecule has 0 N–H and O–H groups in total. The highest BCUT2D eigenvalue weighted by Crippen LogP contribution is 2.46. The predicted molar refractivity (Wildman–Crippen MR) is 227 cm³/mol. The summed E-state index contributed by atoms with van der Waals surface area (Å²) in [4.78, 5) is 15.4. The number of nitrogens with zero attached hydrogens (tertiary/aromatic N) is 3. The van der Waals surface area contributed by atoms with E-state index in [1.165, 1.54) is 0 Å². The molecule has 5 nitrogen and oxygen atoms in total. The molecule has 262 valence electrons. The standard InChI is InChI=1S/C51H31N3O2/c1-5-15-32(16-6-1)37-30-41(33-17-7-2-8-18-33)47-43(31-37)46-40(51-53-49(34-19-9-3-10-20-34)52-50(54-51)35-21-11-4-12-22-35)27-26-38(48(46)56-47)36-25-28-45-42(29-36)39-23-13-14-24-44(39)55-45/h1-31H. The van der Waals surface area contributed by atoms with Crippen LogP contribution in [-0.2, 0) is 0 Å². The topological polar surface area (TPSA) is 65.0 Å². The molecule has 0 spiro atoms. The van der Waals surface area contributed by atoms with Gasteiger partial charge in [-0.15, -0.1) is 0 Å². The van der Waals surface area contributed by atoms with Gasteiger partial charge in [0, 0.05) is 49.4 Å². The van der Waals surface area contributed by atoms with E-state index < -0.39 is 0 Å². The van der Waals surface area contributed by atoms with Gasteiger partial charge in [-0.05, 0) is 64.7 Å². The van der Waals surface area contributed by atoms with Gasteiger partial charge in [0.05, 0.1) is 0 Å². The molecule has 5 heteroatoms. The van der Waals surface area contributed by atoms with Crippen LogP contribution in [0.4, 0.5) is 0 Å². The van der Waals surface area contributed by atoms with E-state index in [9.17, 15) is 0 Å². The summed E-state index contributed by atoms with van der Waals surface area (Å²) >= 11 is 0. The van der Waals surface area contributed by atoms with Crippen LogP contribution in [0.3, 0.4) is 0 Å². The predicted octanol–water partition coefficient (Wildman–Crippen LogP) is 13.7. The van der Waals surface area contributed by atoms with Crippen LogP contribution in [0.15, 0.2) is 197 Å². The van der Waals surface area contributed by atoms with Gasteiger partial charge in [-0.25, -0.2) is 15.0 Å². The number of fused-ring (bicyclic) bond motifs is 6. The first kappa shape index (κ1) is 31.9. The van der Waals surface area contributed by atoms with Crippen molar-refractivity contribution in [3.63, 3.8) is 0 Å².